The van der Waals surface area contributed by atoms with Gasteiger partial charge in [-0.1, -0.05) is 32.0 Å². The van der Waals surface area contributed by atoms with E-state index in [9.17, 15) is 14.4 Å². The summed E-state index contributed by atoms with van der Waals surface area (Å²) in [5.74, 6) is -0.811. The molecule has 4 amide bonds. The number of carbonyl (C=O) groups is 3. The molecule has 2 aromatic rings. The zero-order valence-electron chi connectivity index (χ0n) is 16.4. The predicted molar refractivity (Wildman–Crippen MR) is 109 cm³/mol. The van der Waals surface area contributed by atoms with Crippen molar-refractivity contribution in [2.24, 2.45) is 10.2 Å². The fourth-order valence-electron chi connectivity index (χ4n) is 3.11. The zero-order chi connectivity index (χ0) is 20.9. The van der Waals surface area contributed by atoms with Crippen LogP contribution in [-0.2, 0) is 9.59 Å². The Balaban J connectivity index is 1.59. The molecule has 0 unspecified atom stereocenters. The number of nitrogens with one attached hydrogen (secondary N) is 2. The van der Waals surface area contributed by atoms with E-state index in [-0.39, 0.29) is 12.5 Å². The lowest BCUT2D eigenvalue weighted by Gasteiger charge is -2.23. The predicted octanol–water partition coefficient (Wildman–Crippen LogP) is 4.15. The molecule has 2 aromatic carbocycles. The van der Waals surface area contributed by atoms with Crippen LogP contribution >= 0.6 is 0 Å². The number of hydrogen-bond acceptors (Lipinski definition) is 5. The maximum Gasteiger partial charge on any atom is 0.325 e. The normalized spacial score (nSPS) is 15.6. The van der Waals surface area contributed by atoms with Crippen LogP contribution in [0, 0.1) is 0 Å². The summed E-state index contributed by atoms with van der Waals surface area (Å²) in [6, 6.07) is 15.6. The van der Waals surface area contributed by atoms with Crippen LogP contribution in [-0.4, -0.2) is 34.8 Å². The summed E-state index contributed by atoms with van der Waals surface area (Å²) < 4.78 is 0. The van der Waals surface area contributed by atoms with Crippen LogP contribution in [0.25, 0.3) is 0 Å². The highest BCUT2D eigenvalue weighted by Gasteiger charge is 2.49. The molecule has 0 aromatic heterocycles. The second-order valence-corrected chi connectivity index (χ2v) is 6.74. The number of hydrogen-bond donors (Lipinski definition) is 2. The molecule has 2 N–H and O–H groups in total. The topological polar surface area (TPSA) is 103 Å². The maximum atomic E-state index is 12.6. The van der Waals surface area contributed by atoms with Crippen molar-refractivity contribution in [3.8, 4) is 0 Å². The van der Waals surface area contributed by atoms with Crippen molar-refractivity contribution < 1.29 is 14.4 Å². The van der Waals surface area contributed by atoms with Gasteiger partial charge in [-0.15, -0.1) is 0 Å². The van der Waals surface area contributed by atoms with Crippen LogP contribution in [0.2, 0.25) is 0 Å². The van der Waals surface area contributed by atoms with E-state index in [1.807, 2.05) is 44.2 Å². The van der Waals surface area contributed by atoms with Gasteiger partial charge in [0, 0.05) is 5.69 Å². The monoisotopic (exact) mass is 393 g/mol. The zero-order valence-corrected chi connectivity index (χ0v) is 16.4. The van der Waals surface area contributed by atoms with Crippen LogP contribution in [0.4, 0.5) is 21.9 Å². The minimum atomic E-state index is -0.914. The third kappa shape index (κ3) is 4.48. The van der Waals surface area contributed by atoms with Crippen LogP contribution in [0.5, 0.6) is 0 Å². The fourth-order valence-corrected chi connectivity index (χ4v) is 3.11. The first-order valence-corrected chi connectivity index (χ1v) is 9.48. The minimum Gasteiger partial charge on any atom is -0.325 e. The first kappa shape index (κ1) is 20.2. The van der Waals surface area contributed by atoms with E-state index in [4.69, 9.17) is 0 Å². The molecule has 0 aliphatic carbocycles. The van der Waals surface area contributed by atoms with E-state index >= 15 is 0 Å². The summed E-state index contributed by atoms with van der Waals surface area (Å²) in [4.78, 5) is 38.0. The molecule has 29 heavy (non-hydrogen) atoms. The van der Waals surface area contributed by atoms with Gasteiger partial charge in [0.05, 0.1) is 11.4 Å². The molecule has 0 atom stereocenters. The van der Waals surface area contributed by atoms with Gasteiger partial charge in [-0.3, -0.25) is 14.5 Å². The standard InChI is InChI=1S/C21H23N5O3/c1-3-21(4-2)19(28)26(20(29)23-21)14-18(27)22-15-10-12-17(13-11-15)25-24-16-8-6-5-7-9-16/h5-13H,3-4,14H2,1-2H3,(H,22,27)(H,23,29). The lowest BCUT2D eigenvalue weighted by Crippen LogP contribution is -2.46. The quantitative estimate of drug-likeness (QED) is 0.545. The molecule has 0 radical (unpaired) electrons. The molecule has 150 valence electrons. The van der Waals surface area contributed by atoms with Gasteiger partial charge in [0.1, 0.15) is 12.1 Å². The Kier molecular flexibility index (Phi) is 6.01. The first-order valence-electron chi connectivity index (χ1n) is 9.48. The summed E-state index contributed by atoms with van der Waals surface area (Å²) in [6.07, 6.45) is 0.955. The largest absolute Gasteiger partial charge is 0.325 e. The van der Waals surface area contributed by atoms with Crippen molar-refractivity contribution in [1.29, 1.82) is 0 Å². The molecule has 1 aliphatic rings. The molecular weight excluding hydrogens is 370 g/mol. The van der Waals surface area contributed by atoms with E-state index in [2.05, 4.69) is 20.9 Å². The lowest BCUT2D eigenvalue weighted by molar-refractivity contribution is -0.134. The molecule has 1 heterocycles. The second-order valence-electron chi connectivity index (χ2n) is 6.74. The number of benzene rings is 2. The molecular formula is C21H23N5O3. The SMILES string of the molecule is CCC1(CC)NC(=O)N(CC(=O)Nc2ccc(N=Nc3ccccc3)cc2)C1=O. The molecule has 0 saturated carbocycles. The number of anilines is 1. The van der Waals surface area contributed by atoms with Gasteiger partial charge < -0.3 is 10.6 Å². The van der Waals surface area contributed by atoms with Gasteiger partial charge in [-0.05, 0) is 49.2 Å². The van der Waals surface area contributed by atoms with Crippen molar-refractivity contribution in [1.82, 2.24) is 10.2 Å². The first-order chi connectivity index (χ1) is 14.0. The molecule has 8 nitrogen and oxygen atoms in total. The Labute approximate surface area is 169 Å². The number of amides is 4. The summed E-state index contributed by atoms with van der Waals surface area (Å²) in [7, 11) is 0. The second kappa shape index (κ2) is 8.64. The van der Waals surface area contributed by atoms with Gasteiger partial charge >= 0.3 is 6.03 Å². The summed E-state index contributed by atoms with van der Waals surface area (Å²) in [5, 5.41) is 13.7. The van der Waals surface area contributed by atoms with E-state index in [0.717, 1.165) is 10.6 Å². The van der Waals surface area contributed by atoms with E-state index in [1.165, 1.54) is 0 Å². The molecule has 1 saturated heterocycles. The average Bonchev–Trinajstić information content (AvgIpc) is 2.98. The number of nitrogens with zero attached hydrogens (tertiary/aromatic N) is 3. The number of urea groups is 1. The summed E-state index contributed by atoms with van der Waals surface area (Å²) in [5.41, 5.74) is 1.01. The van der Waals surface area contributed by atoms with Gasteiger partial charge in [0.2, 0.25) is 5.91 Å². The smallest absolute Gasteiger partial charge is 0.325 e. The van der Waals surface area contributed by atoms with Crippen molar-refractivity contribution in [2.45, 2.75) is 32.2 Å². The van der Waals surface area contributed by atoms with Crippen LogP contribution in [0.3, 0.4) is 0 Å². The molecule has 8 heteroatoms. The van der Waals surface area contributed by atoms with Crippen LogP contribution in [0.15, 0.2) is 64.8 Å². The van der Waals surface area contributed by atoms with Gasteiger partial charge in [0.25, 0.3) is 5.91 Å². The Morgan fingerprint density at radius 2 is 1.55 bits per heavy atom. The van der Waals surface area contributed by atoms with Crippen LogP contribution in [0.1, 0.15) is 26.7 Å². The number of imide groups is 1. The third-order valence-corrected chi connectivity index (χ3v) is 4.94. The van der Waals surface area contributed by atoms with Crippen molar-refractivity contribution in [3.05, 3.63) is 54.6 Å². The Morgan fingerprint density at radius 3 is 2.10 bits per heavy atom. The summed E-state index contributed by atoms with van der Waals surface area (Å²) >= 11 is 0. The Bertz CT molecular complexity index is 921. The number of azo groups is 1. The lowest BCUT2D eigenvalue weighted by atomic mass is 9.93. The molecule has 0 spiro atoms. The Hall–Kier alpha value is -3.55. The van der Waals surface area contributed by atoms with Gasteiger partial charge in [-0.2, -0.15) is 10.2 Å². The van der Waals surface area contributed by atoms with Crippen molar-refractivity contribution in [3.63, 3.8) is 0 Å². The molecule has 1 fully saturated rings. The van der Waals surface area contributed by atoms with Crippen molar-refractivity contribution in [2.75, 3.05) is 11.9 Å². The summed E-state index contributed by atoms with van der Waals surface area (Å²) in [6.45, 7) is 3.34. The van der Waals surface area contributed by atoms with Gasteiger partial charge in [-0.25, -0.2) is 4.79 Å². The van der Waals surface area contributed by atoms with E-state index in [0.29, 0.717) is 24.2 Å². The van der Waals surface area contributed by atoms with Crippen molar-refractivity contribution >= 4 is 34.9 Å². The van der Waals surface area contributed by atoms with Gasteiger partial charge in [0.15, 0.2) is 0 Å². The maximum absolute atomic E-state index is 12.6. The molecule has 1 aliphatic heterocycles. The Morgan fingerprint density at radius 1 is 0.966 bits per heavy atom. The minimum absolute atomic E-state index is 0.331. The third-order valence-electron chi connectivity index (χ3n) is 4.94. The number of rotatable bonds is 7. The highest BCUT2D eigenvalue weighted by molar-refractivity contribution is 6.10. The number of carbonyl (C=O) groups excluding carboxylic acids is 3. The highest BCUT2D eigenvalue weighted by atomic mass is 16.2. The fraction of sp³-hybridized carbons (Fsp3) is 0.286. The highest BCUT2D eigenvalue weighted by Crippen LogP contribution is 2.25. The molecule has 3 rings (SSSR count). The van der Waals surface area contributed by atoms with E-state index in [1.54, 1.807) is 24.3 Å². The van der Waals surface area contributed by atoms with E-state index < -0.39 is 17.5 Å². The molecule has 0 bridgehead atoms. The average molecular weight is 393 g/mol. The van der Waals surface area contributed by atoms with Crippen LogP contribution < -0.4 is 10.6 Å².